The van der Waals surface area contributed by atoms with Crippen LogP contribution >= 0.6 is 15.8 Å². The van der Waals surface area contributed by atoms with E-state index in [-0.39, 0.29) is 0 Å². The molecule has 0 fully saturated rings. The average Bonchev–Trinajstić information content (AvgIpc) is 3.06. The molecule has 0 heterocycles. The number of methoxy groups -OCH3 is 1. The van der Waals surface area contributed by atoms with Crippen molar-refractivity contribution in [2.24, 2.45) is 0 Å². The standard InChI is InChI=1S/C40H38OP2Si/c1-41-35-27-17-30-38(44(2,3)4)39(35)40-36(42(31-19-9-5-10-20-31)32-21-11-6-12-22-32)28-18-29-37(40)43(33-23-13-7-14-24-33)34-25-15-8-16-26-34/h5-30H,1-4H3. The summed E-state index contributed by atoms with van der Waals surface area (Å²) in [5.74, 6) is 0.950. The number of benzene rings is 6. The zero-order valence-electron chi connectivity index (χ0n) is 25.8. The van der Waals surface area contributed by atoms with E-state index in [1.807, 2.05) is 7.11 Å². The van der Waals surface area contributed by atoms with Crippen LogP contribution in [0.4, 0.5) is 0 Å². The van der Waals surface area contributed by atoms with Crippen molar-refractivity contribution in [2.45, 2.75) is 19.6 Å². The largest absolute Gasteiger partial charge is 0.496 e. The lowest BCUT2D eigenvalue weighted by molar-refractivity contribution is 0.417. The summed E-state index contributed by atoms with van der Waals surface area (Å²) >= 11 is 0. The summed E-state index contributed by atoms with van der Waals surface area (Å²) in [6.07, 6.45) is 0. The van der Waals surface area contributed by atoms with Crippen molar-refractivity contribution in [3.8, 4) is 16.9 Å². The molecule has 0 aliphatic carbocycles. The van der Waals surface area contributed by atoms with Gasteiger partial charge >= 0.3 is 0 Å². The van der Waals surface area contributed by atoms with Gasteiger partial charge in [0.2, 0.25) is 0 Å². The lowest BCUT2D eigenvalue weighted by Gasteiger charge is -2.31. The van der Waals surface area contributed by atoms with Crippen molar-refractivity contribution in [2.75, 3.05) is 7.11 Å². The minimum Gasteiger partial charge on any atom is -0.496 e. The average molecular weight is 625 g/mol. The number of rotatable bonds is 9. The summed E-state index contributed by atoms with van der Waals surface area (Å²) in [5.41, 5.74) is 2.60. The molecule has 0 saturated carbocycles. The second-order valence-corrected chi connectivity index (χ2v) is 21.2. The van der Waals surface area contributed by atoms with E-state index in [0.29, 0.717) is 0 Å². The molecule has 0 amide bonds. The summed E-state index contributed by atoms with van der Waals surface area (Å²) in [6, 6.07) is 58.0. The summed E-state index contributed by atoms with van der Waals surface area (Å²) in [4.78, 5) is 0. The van der Waals surface area contributed by atoms with Crippen LogP contribution < -0.4 is 41.8 Å². The van der Waals surface area contributed by atoms with E-state index >= 15 is 0 Å². The van der Waals surface area contributed by atoms with E-state index in [0.717, 1.165) is 5.75 Å². The Hall–Kier alpha value is -3.80. The van der Waals surface area contributed by atoms with Crippen molar-refractivity contribution in [1.82, 2.24) is 0 Å². The highest BCUT2D eigenvalue weighted by Gasteiger charge is 2.32. The predicted molar refractivity (Wildman–Crippen MR) is 199 cm³/mol. The van der Waals surface area contributed by atoms with E-state index < -0.39 is 23.9 Å². The highest BCUT2D eigenvalue weighted by Crippen LogP contribution is 2.44. The molecule has 0 aliphatic rings. The van der Waals surface area contributed by atoms with Crippen LogP contribution in [0.3, 0.4) is 0 Å². The number of hydrogen-bond donors (Lipinski definition) is 0. The maximum Gasteiger partial charge on any atom is 0.126 e. The molecule has 4 heteroatoms. The van der Waals surface area contributed by atoms with Gasteiger partial charge < -0.3 is 4.74 Å². The van der Waals surface area contributed by atoms with E-state index in [9.17, 15) is 0 Å². The third kappa shape index (κ3) is 6.22. The van der Waals surface area contributed by atoms with Gasteiger partial charge in [0.05, 0.1) is 15.2 Å². The first-order valence-electron chi connectivity index (χ1n) is 15.1. The summed E-state index contributed by atoms with van der Waals surface area (Å²) in [6.45, 7) is 7.34. The van der Waals surface area contributed by atoms with Gasteiger partial charge in [-0.25, -0.2) is 0 Å². The first-order valence-corrected chi connectivity index (χ1v) is 21.3. The molecular weight excluding hydrogens is 586 g/mol. The molecule has 1 nitrogen and oxygen atoms in total. The number of hydrogen-bond acceptors (Lipinski definition) is 1. The van der Waals surface area contributed by atoms with Crippen LogP contribution in [0.25, 0.3) is 11.1 Å². The topological polar surface area (TPSA) is 9.23 Å². The normalized spacial score (nSPS) is 11.6. The fraction of sp³-hybridized carbons (Fsp3) is 0.100. The van der Waals surface area contributed by atoms with Gasteiger partial charge in [-0.3, -0.25) is 0 Å². The lowest BCUT2D eigenvalue weighted by Crippen LogP contribution is -2.41. The molecule has 0 N–H and O–H groups in total. The molecule has 0 atom stereocenters. The molecule has 0 aliphatic heterocycles. The zero-order chi connectivity index (χ0) is 30.5. The Balaban J connectivity index is 1.78. The minimum absolute atomic E-state index is 0.865. The van der Waals surface area contributed by atoms with Crippen LogP contribution in [-0.2, 0) is 0 Å². The van der Waals surface area contributed by atoms with Gasteiger partial charge in [-0.05, 0) is 58.9 Å². The highest BCUT2D eigenvalue weighted by molar-refractivity contribution is 7.81. The molecule has 44 heavy (non-hydrogen) atoms. The quantitative estimate of drug-likeness (QED) is 0.120. The van der Waals surface area contributed by atoms with Gasteiger partial charge in [0, 0.05) is 11.1 Å². The lowest BCUT2D eigenvalue weighted by atomic mass is 10.0. The van der Waals surface area contributed by atoms with Crippen molar-refractivity contribution in [3.05, 3.63) is 158 Å². The Labute approximate surface area is 266 Å². The second-order valence-electron chi connectivity index (χ2n) is 11.8. The van der Waals surface area contributed by atoms with E-state index in [1.165, 1.54) is 48.1 Å². The summed E-state index contributed by atoms with van der Waals surface area (Å²) in [7, 11) is -1.71. The monoisotopic (exact) mass is 624 g/mol. The Morgan fingerprint density at radius 3 is 1.11 bits per heavy atom. The Kier molecular flexibility index (Phi) is 9.24. The minimum atomic E-state index is -1.81. The Morgan fingerprint density at radius 2 is 0.773 bits per heavy atom. The van der Waals surface area contributed by atoms with E-state index in [1.54, 1.807) is 0 Å². The van der Waals surface area contributed by atoms with Crippen LogP contribution in [-0.4, -0.2) is 15.2 Å². The smallest absolute Gasteiger partial charge is 0.126 e. The van der Waals surface area contributed by atoms with Gasteiger partial charge in [-0.15, -0.1) is 0 Å². The third-order valence-electron chi connectivity index (χ3n) is 7.86. The molecule has 6 aromatic rings. The molecule has 0 unspecified atom stereocenters. The fourth-order valence-corrected chi connectivity index (χ4v) is 12.6. The molecule has 0 aromatic heterocycles. The fourth-order valence-electron chi connectivity index (χ4n) is 5.90. The third-order valence-corrected chi connectivity index (χ3v) is 14.9. The molecule has 0 saturated heterocycles. The maximum atomic E-state index is 6.26. The Bertz CT molecular complexity index is 1640. The molecule has 218 valence electrons. The maximum absolute atomic E-state index is 6.26. The SMILES string of the molecule is COc1cccc([Si](C)(C)C)c1-c1c(P(c2ccccc2)c2ccccc2)cccc1P(c1ccccc1)c1ccccc1. The van der Waals surface area contributed by atoms with Crippen molar-refractivity contribution in [1.29, 1.82) is 0 Å². The molecule has 6 rings (SSSR count). The molecular formula is C40H38OP2Si. The van der Waals surface area contributed by atoms with Crippen LogP contribution in [0, 0.1) is 0 Å². The first kappa shape index (κ1) is 30.2. The van der Waals surface area contributed by atoms with Crippen molar-refractivity contribution < 1.29 is 4.74 Å². The summed E-state index contributed by atoms with van der Waals surface area (Å²) < 4.78 is 6.26. The van der Waals surface area contributed by atoms with Gasteiger partial charge in [0.15, 0.2) is 0 Å². The zero-order valence-corrected chi connectivity index (χ0v) is 28.6. The van der Waals surface area contributed by atoms with Crippen LogP contribution in [0.15, 0.2) is 158 Å². The predicted octanol–water partition coefficient (Wildman–Crippen LogP) is 7.42. The first-order chi connectivity index (χ1) is 21.5. The van der Waals surface area contributed by atoms with Crippen LogP contribution in [0.2, 0.25) is 19.6 Å². The van der Waals surface area contributed by atoms with Gasteiger partial charge in [-0.1, -0.05) is 171 Å². The molecule has 0 spiro atoms. The van der Waals surface area contributed by atoms with Crippen molar-refractivity contribution in [3.63, 3.8) is 0 Å². The second kappa shape index (κ2) is 13.5. The van der Waals surface area contributed by atoms with E-state index in [4.69, 9.17) is 4.74 Å². The molecule has 6 aromatic carbocycles. The van der Waals surface area contributed by atoms with Crippen molar-refractivity contribution >= 4 is 60.9 Å². The molecule has 0 radical (unpaired) electrons. The van der Waals surface area contributed by atoms with E-state index in [2.05, 4.69) is 177 Å². The highest BCUT2D eigenvalue weighted by atomic mass is 31.1. The molecule has 0 bridgehead atoms. The van der Waals surface area contributed by atoms with Crippen LogP contribution in [0.1, 0.15) is 0 Å². The van der Waals surface area contributed by atoms with Gasteiger partial charge in [-0.2, -0.15) is 0 Å². The van der Waals surface area contributed by atoms with Gasteiger partial charge in [0.25, 0.3) is 0 Å². The van der Waals surface area contributed by atoms with Gasteiger partial charge in [0.1, 0.15) is 5.75 Å². The number of ether oxygens (including phenoxy) is 1. The van der Waals surface area contributed by atoms with Crippen LogP contribution in [0.5, 0.6) is 5.75 Å². The summed E-state index contributed by atoms with van der Waals surface area (Å²) in [5, 5.41) is 9.57. The Morgan fingerprint density at radius 1 is 0.409 bits per heavy atom.